The summed E-state index contributed by atoms with van der Waals surface area (Å²) in [6.45, 7) is 3.25. The van der Waals surface area contributed by atoms with Crippen molar-refractivity contribution in [3.63, 3.8) is 0 Å². The summed E-state index contributed by atoms with van der Waals surface area (Å²) in [6, 6.07) is 11.8. The number of nitrogens with one attached hydrogen (secondary N) is 2. The van der Waals surface area contributed by atoms with Gasteiger partial charge in [-0.2, -0.15) is 5.10 Å². The fraction of sp³-hybridized carbons (Fsp3) is 0.412. The first-order chi connectivity index (χ1) is 11.1. The molecule has 2 aromatic rings. The summed E-state index contributed by atoms with van der Waals surface area (Å²) < 4.78 is 7.56. The number of anilines is 1. The van der Waals surface area contributed by atoms with Gasteiger partial charge >= 0.3 is 6.03 Å². The third-order valence-electron chi connectivity index (χ3n) is 4.22. The molecule has 2 heterocycles. The van der Waals surface area contributed by atoms with Crippen LogP contribution in [0.15, 0.2) is 36.4 Å². The molecule has 3 rings (SSSR count). The molecular weight excluding hydrogens is 292 g/mol. The molecular formula is C17H22N4O2. The van der Waals surface area contributed by atoms with E-state index < -0.39 is 0 Å². The Hall–Kier alpha value is -2.34. The number of hydrogen-bond acceptors (Lipinski definition) is 3. The Bertz CT molecular complexity index is 649. The largest absolute Gasteiger partial charge is 0.373 e. The molecule has 0 bridgehead atoms. The quantitative estimate of drug-likeness (QED) is 0.911. The summed E-state index contributed by atoms with van der Waals surface area (Å²) in [4.78, 5) is 12.0. The number of carbonyl (C=O) groups is 1. The lowest BCUT2D eigenvalue weighted by Crippen LogP contribution is -2.34. The SMILES string of the molecule is Cc1cc(NC(=O)NC[C@H]2CCO[C@@H]2c2ccccc2)nn1C. The summed E-state index contributed by atoms with van der Waals surface area (Å²) >= 11 is 0. The second kappa shape index (κ2) is 6.83. The number of nitrogens with zero attached hydrogens (tertiary/aromatic N) is 2. The first-order valence-electron chi connectivity index (χ1n) is 7.85. The van der Waals surface area contributed by atoms with Gasteiger partial charge in [-0.3, -0.25) is 10.00 Å². The lowest BCUT2D eigenvalue weighted by molar-refractivity contribution is 0.0911. The Morgan fingerprint density at radius 3 is 2.87 bits per heavy atom. The number of aromatic nitrogens is 2. The van der Waals surface area contributed by atoms with Crippen LogP contribution in [0.4, 0.5) is 10.6 Å². The molecule has 0 spiro atoms. The highest BCUT2D eigenvalue weighted by molar-refractivity contribution is 5.88. The standard InChI is InChI=1S/C17H22N4O2/c1-12-10-15(20-21(12)2)19-17(22)18-11-14-8-9-23-16(14)13-6-4-3-5-7-13/h3-7,10,14,16H,8-9,11H2,1-2H3,(H2,18,19,20,22)/t14-,16-/m1/s1. The maximum absolute atomic E-state index is 12.0. The molecule has 1 fully saturated rings. The molecule has 2 N–H and O–H groups in total. The molecule has 6 nitrogen and oxygen atoms in total. The van der Waals surface area contributed by atoms with Crippen molar-refractivity contribution >= 4 is 11.8 Å². The van der Waals surface area contributed by atoms with Gasteiger partial charge in [-0.25, -0.2) is 4.79 Å². The molecule has 2 atom stereocenters. The van der Waals surface area contributed by atoms with Crippen molar-refractivity contribution in [3.05, 3.63) is 47.7 Å². The zero-order valence-corrected chi connectivity index (χ0v) is 13.5. The van der Waals surface area contributed by atoms with Crippen LogP contribution in [0.25, 0.3) is 0 Å². The average molecular weight is 314 g/mol. The number of urea groups is 1. The minimum absolute atomic E-state index is 0.0496. The predicted octanol–water partition coefficient (Wildman–Crippen LogP) is 2.63. The molecule has 0 unspecified atom stereocenters. The summed E-state index contributed by atoms with van der Waals surface area (Å²) in [5.41, 5.74) is 2.16. The van der Waals surface area contributed by atoms with Gasteiger partial charge in [0.1, 0.15) is 0 Å². The van der Waals surface area contributed by atoms with E-state index in [9.17, 15) is 4.79 Å². The summed E-state index contributed by atoms with van der Waals surface area (Å²) in [5.74, 6) is 0.846. The van der Waals surface area contributed by atoms with Crippen LogP contribution in [-0.4, -0.2) is 29.0 Å². The maximum atomic E-state index is 12.0. The summed E-state index contributed by atoms with van der Waals surface area (Å²) in [6.07, 6.45) is 0.997. The lowest BCUT2D eigenvalue weighted by Gasteiger charge is -2.19. The molecule has 6 heteroatoms. The third-order valence-corrected chi connectivity index (χ3v) is 4.22. The smallest absolute Gasteiger partial charge is 0.320 e. The molecule has 1 aromatic carbocycles. The number of ether oxygens (including phenoxy) is 1. The number of amides is 2. The van der Waals surface area contributed by atoms with E-state index in [0.717, 1.165) is 24.3 Å². The van der Waals surface area contributed by atoms with Crippen LogP contribution < -0.4 is 10.6 Å². The average Bonchev–Trinajstić information content (AvgIpc) is 3.13. The van der Waals surface area contributed by atoms with Crippen LogP contribution in [0.5, 0.6) is 0 Å². The number of rotatable bonds is 4. The minimum Gasteiger partial charge on any atom is -0.373 e. The molecule has 0 radical (unpaired) electrons. The van der Waals surface area contributed by atoms with Crippen molar-refractivity contribution < 1.29 is 9.53 Å². The van der Waals surface area contributed by atoms with Gasteiger partial charge in [0, 0.05) is 37.9 Å². The van der Waals surface area contributed by atoms with Crippen LogP contribution in [0.2, 0.25) is 0 Å². The first-order valence-corrected chi connectivity index (χ1v) is 7.85. The first kappa shape index (κ1) is 15.6. The second-order valence-corrected chi connectivity index (χ2v) is 5.88. The summed E-state index contributed by atoms with van der Waals surface area (Å²) in [7, 11) is 1.85. The Morgan fingerprint density at radius 2 is 2.17 bits per heavy atom. The van der Waals surface area contributed by atoms with E-state index >= 15 is 0 Å². The Labute approximate surface area is 135 Å². The topological polar surface area (TPSA) is 68.2 Å². The van der Waals surface area contributed by atoms with E-state index in [-0.39, 0.29) is 18.1 Å². The predicted molar refractivity (Wildman–Crippen MR) is 88.2 cm³/mol. The highest BCUT2D eigenvalue weighted by Crippen LogP contribution is 2.33. The maximum Gasteiger partial charge on any atom is 0.320 e. The summed E-state index contributed by atoms with van der Waals surface area (Å²) in [5, 5.41) is 9.89. The van der Waals surface area contributed by atoms with Gasteiger partial charge in [-0.1, -0.05) is 30.3 Å². The van der Waals surface area contributed by atoms with E-state index in [4.69, 9.17) is 4.74 Å². The van der Waals surface area contributed by atoms with Gasteiger partial charge in [0.05, 0.1) is 6.10 Å². The molecule has 122 valence electrons. The van der Waals surface area contributed by atoms with Crippen molar-refractivity contribution in [2.75, 3.05) is 18.5 Å². The van der Waals surface area contributed by atoms with Gasteiger partial charge < -0.3 is 10.1 Å². The highest BCUT2D eigenvalue weighted by atomic mass is 16.5. The van der Waals surface area contributed by atoms with E-state index in [0.29, 0.717) is 12.4 Å². The van der Waals surface area contributed by atoms with Gasteiger partial charge in [0.15, 0.2) is 5.82 Å². The van der Waals surface area contributed by atoms with Crippen LogP contribution in [0.3, 0.4) is 0 Å². The van der Waals surface area contributed by atoms with Crippen LogP contribution >= 0.6 is 0 Å². The fourth-order valence-corrected chi connectivity index (χ4v) is 2.86. The van der Waals surface area contributed by atoms with Gasteiger partial charge in [-0.15, -0.1) is 0 Å². The molecule has 0 aliphatic carbocycles. The van der Waals surface area contributed by atoms with Crippen LogP contribution in [0, 0.1) is 12.8 Å². The van der Waals surface area contributed by atoms with Crippen molar-refractivity contribution in [3.8, 4) is 0 Å². The van der Waals surface area contributed by atoms with Crippen molar-refractivity contribution in [2.45, 2.75) is 19.4 Å². The normalized spacial score (nSPS) is 20.4. The van der Waals surface area contributed by atoms with E-state index in [1.807, 2.05) is 38.2 Å². The number of hydrogen-bond donors (Lipinski definition) is 2. The van der Waals surface area contributed by atoms with Crippen molar-refractivity contribution in [1.82, 2.24) is 15.1 Å². The van der Waals surface area contributed by atoms with Gasteiger partial charge in [-0.05, 0) is 18.9 Å². The molecule has 1 aliphatic rings. The van der Waals surface area contributed by atoms with Gasteiger partial charge in [0.2, 0.25) is 0 Å². The zero-order valence-electron chi connectivity index (χ0n) is 13.5. The number of aryl methyl sites for hydroxylation is 2. The number of carbonyl (C=O) groups excluding carboxylic acids is 1. The van der Waals surface area contributed by atoms with Crippen LogP contribution in [-0.2, 0) is 11.8 Å². The minimum atomic E-state index is -0.234. The third kappa shape index (κ3) is 3.71. The molecule has 1 aromatic heterocycles. The fourth-order valence-electron chi connectivity index (χ4n) is 2.86. The van der Waals surface area contributed by atoms with Crippen molar-refractivity contribution in [2.24, 2.45) is 13.0 Å². The van der Waals surface area contributed by atoms with Crippen molar-refractivity contribution in [1.29, 1.82) is 0 Å². The Morgan fingerprint density at radius 1 is 1.39 bits per heavy atom. The lowest BCUT2D eigenvalue weighted by atomic mass is 9.95. The molecule has 23 heavy (non-hydrogen) atoms. The van der Waals surface area contributed by atoms with Gasteiger partial charge in [0.25, 0.3) is 0 Å². The molecule has 1 saturated heterocycles. The Kier molecular flexibility index (Phi) is 4.62. The molecule has 2 amide bonds. The van der Waals surface area contributed by atoms with Crippen LogP contribution in [0.1, 0.15) is 23.8 Å². The monoisotopic (exact) mass is 314 g/mol. The zero-order chi connectivity index (χ0) is 16.2. The molecule has 0 saturated carbocycles. The molecule has 1 aliphatic heterocycles. The number of benzene rings is 1. The van der Waals surface area contributed by atoms with E-state index in [1.165, 1.54) is 0 Å². The van der Waals surface area contributed by atoms with E-state index in [2.05, 4.69) is 27.9 Å². The Balaban J connectivity index is 1.54. The highest BCUT2D eigenvalue weighted by Gasteiger charge is 2.29. The van der Waals surface area contributed by atoms with E-state index in [1.54, 1.807) is 4.68 Å². The second-order valence-electron chi connectivity index (χ2n) is 5.88.